The lowest BCUT2D eigenvalue weighted by Crippen LogP contribution is -2.45. The number of nitrogens with zero attached hydrogens (tertiary/aromatic N) is 2. The molecule has 0 amide bonds. The smallest absolute Gasteiger partial charge is 0.414 e. The number of ether oxygens (including phenoxy) is 3. The summed E-state index contributed by atoms with van der Waals surface area (Å²) in [7, 11) is 4.94. The van der Waals surface area contributed by atoms with Gasteiger partial charge in [0.05, 0.1) is 21.3 Å². The molecule has 9 nitrogen and oxygen atoms in total. The third-order valence-corrected chi connectivity index (χ3v) is 5.25. The monoisotopic (exact) mass is 472 g/mol. The summed E-state index contributed by atoms with van der Waals surface area (Å²) in [4.78, 5) is 23.2. The number of piperazine rings is 1. The Balaban J connectivity index is 0.000000604. The standard InChI is InChI=1S/C23H30N2O3.C2H2O4/c1-26-21-16-20(17-22(27-2)23(21)28-3)18-25-14-12-24(13-15-25)11-7-10-19-8-5-4-6-9-19;3-1(4)2(5)6/h4-10,16-17H,11-15,18H2,1-3H3;(H,3,4)(H,5,6). The maximum atomic E-state index is 9.10. The molecule has 1 fully saturated rings. The van der Waals surface area contributed by atoms with Crippen molar-refractivity contribution in [1.29, 1.82) is 0 Å². The van der Waals surface area contributed by atoms with Gasteiger partial charge in [-0.1, -0.05) is 42.5 Å². The zero-order chi connectivity index (χ0) is 24.9. The quantitative estimate of drug-likeness (QED) is 0.561. The topological polar surface area (TPSA) is 109 Å². The zero-order valence-corrected chi connectivity index (χ0v) is 19.8. The van der Waals surface area contributed by atoms with Gasteiger partial charge in [0.25, 0.3) is 0 Å². The van der Waals surface area contributed by atoms with Crippen LogP contribution in [0.2, 0.25) is 0 Å². The first-order chi connectivity index (χ1) is 16.4. The van der Waals surface area contributed by atoms with Crippen molar-refractivity contribution in [2.75, 3.05) is 54.1 Å². The number of carbonyl (C=O) groups is 2. The Hall–Kier alpha value is -3.56. The highest BCUT2D eigenvalue weighted by Gasteiger charge is 2.18. The van der Waals surface area contributed by atoms with E-state index in [1.165, 1.54) is 11.1 Å². The van der Waals surface area contributed by atoms with E-state index in [-0.39, 0.29) is 0 Å². The van der Waals surface area contributed by atoms with Crippen molar-refractivity contribution in [2.45, 2.75) is 6.54 Å². The van der Waals surface area contributed by atoms with Gasteiger partial charge in [0.15, 0.2) is 11.5 Å². The van der Waals surface area contributed by atoms with E-state index in [9.17, 15) is 0 Å². The lowest BCUT2D eigenvalue weighted by molar-refractivity contribution is -0.159. The second-order valence-corrected chi connectivity index (χ2v) is 7.53. The fourth-order valence-corrected chi connectivity index (χ4v) is 3.52. The van der Waals surface area contributed by atoms with Crippen molar-refractivity contribution in [3.63, 3.8) is 0 Å². The fraction of sp³-hybridized carbons (Fsp3) is 0.360. The average Bonchev–Trinajstić information content (AvgIpc) is 2.85. The summed E-state index contributed by atoms with van der Waals surface area (Å²) in [6.45, 7) is 6.12. The molecule has 2 aromatic carbocycles. The zero-order valence-electron chi connectivity index (χ0n) is 19.8. The number of aliphatic carboxylic acids is 2. The summed E-state index contributed by atoms with van der Waals surface area (Å²) < 4.78 is 16.3. The maximum absolute atomic E-state index is 9.10. The predicted octanol–water partition coefficient (Wildman–Crippen LogP) is 2.70. The Kier molecular flexibility index (Phi) is 10.9. The number of hydrogen-bond acceptors (Lipinski definition) is 7. The number of rotatable bonds is 8. The van der Waals surface area contributed by atoms with Gasteiger partial charge >= 0.3 is 11.9 Å². The summed E-state index contributed by atoms with van der Waals surface area (Å²) >= 11 is 0. The normalized spacial score (nSPS) is 14.2. The Morgan fingerprint density at radius 1 is 0.853 bits per heavy atom. The van der Waals surface area contributed by atoms with Gasteiger partial charge in [0.1, 0.15) is 0 Å². The van der Waals surface area contributed by atoms with Crippen molar-refractivity contribution < 1.29 is 34.0 Å². The molecule has 0 aliphatic carbocycles. The van der Waals surface area contributed by atoms with Crippen LogP contribution < -0.4 is 14.2 Å². The third-order valence-electron chi connectivity index (χ3n) is 5.25. The van der Waals surface area contributed by atoms with Gasteiger partial charge in [-0.25, -0.2) is 9.59 Å². The van der Waals surface area contributed by atoms with Crippen LogP contribution in [-0.4, -0.2) is 86.0 Å². The first-order valence-corrected chi connectivity index (χ1v) is 10.8. The minimum atomic E-state index is -1.82. The molecule has 2 aromatic rings. The van der Waals surface area contributed by atoms with Gasteiger partial charge in [-0.3, -0.25) is 9.80 Å². The largest absolute Gasteiger partial charge is 0.493 e. The van der Waals surface area contributed by atoms with E-state index in [1.54, 1.807) is 21.3 Å². The molecule has 0 unspecified atom stereocenters. The van der Waals surface area contributed by atoms with Gasteiger partial charge < -0.3 is 24.4 Å². The second-order valence-electron chi connectivity index (χ2n) is 7.53. The highest BCUT2D eigenvalue weighted by molar-refractivity contribution is 6.27. The lowest BCUT2D eigenvalue weighted by Gasteiger charge is -2.34. The number of carboxylic acids is 2. The van der Waals surface area contributed by atoms with E-state index in [1.807, 2.05) is 18.2 Å². The van der Waals surface area contributed by atoms with Gasteiger partial charge in [0.2, 0.25) is 5.75 Å². The molecular formula is C25H32N2O7. The third kappa shape index (κ3) is 8.42. The van der Waals surface area contributed by atoms with Crippen LogP contribution in [0.25, 0.3) is 6.08 Å². The van der Waals surface area contributed by atoms with Crippen LogP contribution in [0.4, 0.5) is 0 Å². The SMILES string of the molecule is COc1cc(CN2CCN(CC=Cc3ccccc3)CC2)cc(OC)c1OC.O=C(O)C(=O)O. The first kappa shape index (κ1) is 26.7. The van der Waals surface area contributed by atoms with E-state index >= 15 is 0 Å². The van der Waals surface area contributed by atoms with Gasteiger partial charge in [-0.15, -0.1) is 0 Å². The summed E-state index contributed by atoms with van der Waals surface area (Å²) in [5.41, 5.74) is 2.43. The van der Waals surface area contributed by atoms with Crippen LogP contribution in [-0.2, 0) is 16.1 Å². The Morgan fingerprint density at radius 2 is 1.38 bits per heavy atom. The Morgan fingerprint density at radius 3 is 1.85 bits per heavy atom. The van der Waals surface area contributed by atoms with Crippen LogP contribution in [0.15, 0.2) is 48.5 Å². The molecule has 0 radical (unpaired) electrons. The van der Waals surface area contributed by atoms with Crippen molar-refractivity contribution in [1.82, 2.24) is 9.80 Å². The fourth-order valence-electron chi connectivity index (χ4n) is 3.52. The van der Waals surface area contributed by atoms with Gasteiger partial charge in [0, 0.05) is 39.3 Å². The molecule has 184 valence electrons. The summed E-state index contributed by atoms with van der Waals surface area (Å²) in [6.07, 6.45) is 4.45. The molecule has 1 aliphatic heterocycles. The van der Waals surface area contributed by atoms with Crippen molar-refractivity contribution >= 4 is 18.0 Å². The minimum absolute atomic E-state index is 0.642. The van der Waals surface area contributed by atoms with E-state index in [0.29, 0.717) is 17.2 Å². The molecule has 0 spiro atoms. The summed E-state index contributed by atoms with van der Waals surface area (Å²) in [5.74, 6) is -1.59. The van der Waals surface area contributed by atoms with E-state index in [0.717, 1.165) is 39.3 Å². The van der Waals surface area contributed by atoms with E-state index in [2.05, 4.69) is 46.2 Å². The van der Waals surface area contributed by atoms with Crippen molar-refractivity contribution in [3.8, 4) is 17.2 Å². The van der Waals surface area contributed by atoms with E-state index < -0.39 is 11.9 Å². The van der Waals surface area contributed by atoms with E-state index in [4.69, 9.17) is 34.0 Å². The molecule has 1 heterocycles. The molecule has 0 bridgehead atoms. The van der Waals surface area contributed by atoms with Crippen LogP contribution in [0.5, 0.6) is 17.2 Å². The van der Waals surface area contributed by atoms with Crippen molar-refractivity contribution in [2.24, 2.45) is 0 Å². The maximum Gasteiger partial charge on any atom is 0.414 e. The Bertz CT molecular complexity index is 918. The second kappa shape index (κ2) is 13.9. The first-order valence-electron chi connectivity index (χ1n) is 10.8. The molecule has 2 N–H and O–H groups in total. The number of hydrogen-bond donors (Lipinski definition) is 2. The number of benzene rings is 2. The van der Waals surface area contributed by atoms with Crippen LogP contribution >= 0.6 is 0 Å². The van der Waals surface area contributed by atoms with Crippen molar-refractivity contribution in [3.05, 3.63) is 59.7 Å². The summed E-state index contributed by atoms with van der Waals surface area (Å²) in [6, 6.07) is 14.5. The van der Waals surface area contributed by atoms with Crippen LogP contribution in [0.1, 0.15) is 11.1 Å². The predicted molar refractivity (Wildman–Crippen MR) is 129 cm³/mol. The van der Waals surface area contributed by atoms with Gasteiger partial charge in [-0.05, 0) is 23.3 Å². The van der Waals surface area contributed by atoms with Crippen LogP contribution in [0.3, 0.4) is 0 Å². The molecule has 0 saturated carbocycles. The summed E-state index contributed by atoms with van der Waals surface area (Å²) in [5, 5.41) is 14.8. The molecule has 0 aromatic heterocycles. The number of methoxy groups -OCH3 is 3. The lowest BCUT2D eigenvalue weighted by atomic mass is 10.1. The molecule has 1 aliphatic rings. The molecule has 34 heavy (non-hydrogen) atoms. The Labute approximate surface area is 199 Å². The highest BCUT2D eigenvalue weighted by atomic mass is 16.5. The molecular weight excluding hydrogens is 440 g/mol. The minimum Gasteiger partial charge on any atom is -0.493 e. The molecule has 0 atom stereocenters. The van der Waals surface area contributed by atoms with Gasteiger partial charge in [-0.2, -0.15) is 0 Å². The number of carboxylic acid groups (broad SMARTS) is 2. The van der Waals surface area contributed by atoms with Crippen LogP contribution in [0, 0.1) is 0 Å². The molecule has 1 saturated heterocycles. The highest BCUT2D eigenvalue weighted by Crippen LogP contribution is 2.38. The molecule has 3 rings (SSSR count). The molecule has 9 heteroatoms. The average molecular weight is 473 g/mol.